The van der Waals surface area contributed by atoms with Gasteiger partial charge in [-0.1, -0.05) is 6.92 Å². The lowest BCUT2D eigenvalue weighted by Crippen LogP contribution is -2.41. The molecule has 0 aromatic carbocycles. The van der Waals surface area contributed by atoms with Crippen LogP contribution < -0.4 is 5.73 Å². The summed E-state index contributed by atoms with van der Waals surface area (Å²) < 4.78 is 2.09. The highest BCUT2D eigenvalue weighted by Crippen LogP contribution is 2.34. The molecule has 96 valence electrons. The van der Waals surface area contributed by atoms with Gasteiger partial charge in [-0.25, -0.2) is 4.98 Å². The fourth-order valence-electron chi connectivity index (χ4n) is 3.15. The second-order valence-electron chi connectivity index (χ2n) is 5.12. The molecule has 0 bridgehead atoms. The first kappa shape index (κ1) is 12.6. The highest BCUT2D eigenvalue weighted by Gasteiger charge is 2.35. The van der Waals surface area contributed by atoms with Crippen LogP contribution in [-0.4, -0.2) is 33.1 Å². The summed E-state index contributed by atoms with van der Waals surface area (Å²) in [5.74, 6) is 0. The first-order chi connectivity index (χ1) is 8.19. The van der Waals surface area contributed by atoms with Crippen molar-refractivity contribution in [3.8, 4) is 0 Å². The summed E-state index contributed by atoms with van der Waals surface area (Å²) in [5.41, 5.74) is 7.24. The molecular formula is C13H24N4. The van der Waals surface area contributed by atoms with Gasteiger partial charge in [0.25, 0.3) is 0 Å². The van der Waals surface area contributed by atoms with Crippen LogP contribution in [0.15, 0.2) is 12.5 Å². The Bertz CT molecular complexity index is 360. The van der Waals surface area contributed by atoms with Gasteiger partial charge in [-0.3, -0.25) is 4.90 Å². The Morgan fingerprint density at radius 3 is 2.82 bits per heavy atom. The van der Waals surface area contributed by atoms with E-state index in [1.807, 2.05) is 19.6 Å². The third kappa shape index (κ3) is 2.24. The van der Waals surface area contributed by atoms with Gasteiger partial charge in [0.15, 0.2) is 0 Å². The summed E-state index contributed by atoms with van der Waals surface area (Å²) in [6, 6.07) is 1.61. The third-order valence-corrected chi connectivity index (χ3v) is 4.10. The number of aryl methyl sites for hydroxylation is 1. The van der Waals surface area contributed by atoms with E-state index >= 15 is 0 Å². The summed E-state index contributed by atoms with van der Waals surface area (Å²) in [7, 11) is 2.05. The maximum atomic E-state index is 6.01. The number of hydrogen-bond donors (Lipinski definition) is 1. The lowest BCUT2D eigenvalue weighted by atomic mass is 10.1. The Morgan fingerprint density at radius 1 is 1.53 bits per heavy atom. The number of aromatic nitrogens is 2. The third-order valence-electron chi connectivity index (χ3n) is 4.10. The molecule has 0 saturated carbocycles. The monoisotopic (exact) mass is 236 g/mol. The lowest BCUT2D eigenvalue weighted by Gasteiger charge is -2.35. The largest absolute Gasteiger partial charge is 0.336 e. The molecule has 1 saturated heterocycles. The van der Waals surface area contributed by atoms with Crippen molar-refractivity contribution < 1.29 is 0 Å². The van der Waals surface area contributed by atoms with Crippen LogP contribution in [0, 0.1) is 0 Å². The molecule has 0 spiro atoms. The summed E-state index contributed by atoms with van der Waals surface area (Å²) in [6.07, 6.45) is 7.60. The number of rotatable bonds is 4. The molecule has 3 unspecified atom stereocenters. The Hall–Kier alpha value is -0.870. The normalized spacial score (nSPS) is 27.5. The van der Waals surface area contributed by atoms with Gasteiger partial charge >= 0.3 is 0 Å². The zero-order valence-corrected chi connectivity index (χ0v) is 11.1. The number of likely N-dealkylation sites (tertiary alicyclic amines) is 1. The Labute approximate surface area is 104 Å². The molecule has 3 atom stereocenters. The molecule has 4 heteroatoms. The first-order valence-corrected chi connectivity index (χ1v) is 6.62. The van der Waals surface area contributed by atoms with E-state index in [4.69, 9.17) is 5.73 Å². The van der Waals surface area contributed by atoms with E-state index in [2.05, 4.69) is 28.3 Å². The molecule has 1 aromatic heterocycles. The minimum absolute atomic E-state index is 0.310. The molecule has 2 N–H and O–H groups in total. The maximum absolute atomic E-state index is 6.01. The van der Waals surface area contributed by atoms with Crippen LogP contribution in [0.25, 0.3) is 0 Å². The second-order valence-corrected chi connectivity index (χ2v) is 5.12. The molecule has 0 radical (unpaired) electrons. The number of nitrogens with zero attached hydrogens (tertiary/aromatic N) is 3. The summed E-state index contributed by atoms with van der Waals surface area (Å²) >= 11 is 0. The molecule has 2 rings (SSSR count). The van der Waals surface area contributed by atoms with Crippen LogP contribution >= 0.6 is 0 Å². The zero-order chi connectivity index (χ0) is 12.4. The van der Waals surface area contributed by atoms with E-state index in [9.17, 15) is 0 Å². The van der Waals surface area contributed by atoms with Gasteiger partial charge in [0, 0.05) is 31.9 Å². The van der Waals surface area contributed by atoms with Crippen LogP contribution in [0.5, 0.6) is 0 Å². The van der Waals surface area contributed by atoms with Crippen LogP contribution in [0.4, 0.5) is 0 Å². The average Bonchev–Trinajstić information content (AvgIpc) is 2.89. The minimum Gasteiger partial charge on any atom is -0.336 e. The van der Waals surface area contributed by atoms with Gasteiger partial charge < -0.3 is 10.3 Å². The summed E-state index contributed by atoms with van der Waals surface area (Å²) in [4.78, 5) is 6.81. The quantitative estimate of drug-likeness (QED) is 0.865. The van der Waals surface area contributed by atoms with Gasteiger partial charge in [0.2, 0.25) is 0 Å². The van der Waals surface area contributed by atoms with E-state index in [0.717, 1.165) is 0 Å². The van der Waals surface area contributed by atoms with Crippen LogP contribution in [0.3, 0.4) is 0 Å². The highest BCUT2D eigenvalue weighted by molar-refractivity contribution is 5.08. The van der Waals surface area contributed by atoms with Crippen molar-refractivity contribution in [1.82, 2.24) is 14.5 Å². The van der Waals surface area contributed by atoms with E-state index in [1.165, 1.54) is 25.0 Å². The molecule has 0 aliphatic carbocycles. The van der Waals surface area contributed by atoms with Gasteiger partial charge in [-0.05, 0) is 26.2 Å². The van der Waals surface area contributed by atoms with Crippen molar-refractivity contribution in [2.45, 2.75) is 51.2 Å². The van der Waals surface area contributed by atoms with E-state index in [0.29, 0.717) is 24.7 Å². The standard InChI is InChI=1S/C13H24N4/c1-4-11-6-5-10(2)17(11)12(7-14)13-8-15-9-16(13)3/h8-12H,4-7,14H2,1-3H3. The van der Waals surface area contributed by atoms with E-state index in [1.54, 1.807) is 0 Å². The van der Waals surface area contributed by atoms with Gasteiger partial charge in [0.05, 0.1) is 18.1 Å². The maximum Gasteiger partial charge on any atom is 0.0946 e. The number of imidazole rings is 1. The smallest absolute Gasteiger partial charge is 0.0946 e. The molecule has 4 nitrogen and oxygen atoms in total. The van der Waals surface area contributed by atoms with Gasteiger partial charge in [-0.2, -0.15) is 0 Å². The van der Waals surface area contributed by atoms with Crippen LogP contribution in [0.1, 0.15) is 44.8 Å². The van der Waals surface area contributed by atoms with Crippen molar-refractivity contribution in [2.24, 2.45) is 12.8 Å². The molecular weight excluding hydrogens is 212 g/mol. The van der Waals surface area contributed by atoms with Crippen LogP contribution in [0.2, 0.25) is 0 Å². The van der Waals surface area contributed by atoms with E-state index in [-0.39, 0.29) is 0 Å². The average molecular weight is 236 g/mol. The lowest BCUT2D eigenvalue weighted by molar-refractivity contribution is 0.132. The molecule has 17 heavy (non-hydrogen) atoms. The van der Waals surface area contributed by atoms with Crippen molar-refractivity contribution in [3.63, 3.8) is 0 Å². The topological polar surface area (TPSA) is 47.1 Å². The molecule has 2 heterocycles. The predicted octanol–water partition coefficient (Wildman–Crippen LogP) is 1.68. The molecule has 1 aliphatic rings. The minimum atomic E-state index is 0.310. The summed E-state index contributed by atoms with van der Waals surface area (Å²) in [6.45, 7) is 5.25. The zero-order valence-electron chi connectivity index (χ0n) is 11.1. The van der Waals surface area contributed by atoms with Crippen molar-refractivity contribution in [3.05, 3.63) is 18.2 Å². The Morgan fingerprint density at radius 2 is 2.29 bits per heavy atom. The molecule has 1 fully saturated rings. The summed E-state index contributed by atoms with van der Waals surface area (Å²) in [5, 5.41) is 0. The SMILES string of the molecule is CCC1CCC(C)N1C(CN)c1cncn1C. The van der Waals surface area contributed by atoms with E-state index < -0.39 is 0 Å². The number of hydrogen-bond acceptors (Lipinski definition) is 3. The fourth-order valence-corrected chi connectivity index (χ4v) is 3.15. The highest BCUT2D eigenvalue weighted by atomic mass is 15.3. The molecule has 1 aliphatic heterocycles. The molecule has 1 aromatic rings. The van der Waals surface area contributed by atoms with Gasteiger partial charge in [-0.15, -0.1) is 0 Å². The first-order valence-electron chi connectivity index (χ1n) is 6.62. The fraction of sp³-hybridized carbons (Fsp3) is 0.769. The van der Waals surface area contributed by atoms with Crippen LogP contribution in [-0.2, 0) is 7.05 Å². The Kier molecular flexibility index (Phi) is 3.84. The Balaban J connectivity index is 2.26. The van der Waals surface area contributed by atoms with Crippen molar-refractivity contribution >= 4 is 0 Å². The van der Waals surface area contributed by atoms with Crippen molar-refractivity contribution in [2.75, 3.05) is 6.54 Å². The number of nitrogens with two attached hydrogens (primary N) is 1. The molecule has 0 amide bonds. The van der Waals surface area contributed by atoms with Gasteiger partial charge in [0.1, 0.15) is 0 Å². The second kappa shape index (κ2) is 5.19. The predicted molar refractivity (Wildman–Crippen MR) is 69.6 cm³/mol. The van der Waals surface area contributed by atoms with Crippen molar-refractivity contribution in [1.29, 1.82) is 0 Å².